The summed E-state index contributed by atoms with van der Waals surface area (Å²) in [6.07, 6.45) is 1.83. The fourth-order valence-corrected chi connectivity index (χ4v) is 3.21. The summed E-state index contributed by atoms with van der Waals surface area (Å²) >= 11 is 12.2. The summed E-state index contributed by atoms with van der Waals surface area (Å²) in [6.45, 7) is 1.81. The third-order valence-corrected chi connectivity index (χ3v) is 4.83. The van der Waals surface area contributed by atoms with Gasteiger partial charge in [-0.15, -0.1) is 0 Å². The molecule has 1 saturated heterocycles. The number of nitrogens with one attached hydrogen (secondary N) is 1. The SMILES string of the molecule is O=C(c1ccccc1)N(c1ccc(Cl)c(Cl)c1)C1CCNCC1. The van der Waals surface area contributed by atoms with Gasteiger partial charge in [0, 0.05) is 17.3 Å². The molecule has 0 aliphatic carbocycles. The van der Waals surface area contributed by atoms with Crippen LogP contribution in [0.4, 0.5) is 5.69 Å². The highest BCUT2D eigenvalue weighted by molar-refractivity contribution is 6.42. The number of nitrogens with zero attached hydrogens (tertiary/aromatic N) is 1. The molecule has 2 aromatic rings. The highest BCUT2D eigenvalue weighted by Gasteiger charge is 2.28. The van der Waals surface area contributed by atoms with Gasteiger partial charge in [-0.3, -0.25) is 4.79 Å². The highest BCUT2D eigenvalue weighted by atomic mass is 35.5. The van der Waals surface area contributed by atoms with E-state index >= 15 is 0 Å². The van der Waals surface area contributed by atoms with E-state index in [1.165, 1.54) is 0 Å². The Labute approximate surface area is 146 Å². The summed E-state index contributed by atoms with van der Waals surface area (Å²) in [7, 11) is 0. The second-order valence-corrected chi connectivity index (χ2v) is 6.44. The van der Waals surface area contributed by atoms with E-state index < -0.39 is 0 Å². The number of anilines is 1. The third kappa shape index (κ3) is 3.69. The molecule has 1 aliphatic rings. The van der Waals surface area contributed by atoms with Crippen molar-refractivity contribution in [2.75, 3.05) is 18.0 Å². The lowest BCUT2D eigenvalue weighted by molar-refractivity contribution is 0.0972. The summed E-state index contributed by atoms with van der Waals surface area (Å²) in [5.74, 6) is -0.00381. The van der Waals surface area contributed by atoms with Crippen LogP contribution < -0.4 is 10.2 Å². The number of halogens is 2. The van der Waals surface area contributed by atoms with E-state index in [2.05, 4.69) is 5.32 Å². The largest absolute Gasteiger partial charge is 0.317 e. The van der Waals surface area contributed by atoms with Gasteiger partial charge in [0.05, 0.1) is 10.0 Å². The Kier molecular flexibility index (Phi) is 5.21. The number of piperidine rings is 1. The fourth-order valence-electron chi connectivity index (χ4n) is 2.91. The van der Waals surface area contributed by atoms with Crippen molar-refractivity contribution >= 4 is 34.8 Å². The van der Waals surface area contributed by atoms with Gasteiger partial charge in [0.1, 0.15) is 0 Å². The molecule has 3 rings (SSSR count). The van der Waals surface area contributed by atoms with Gasteiger partial charge >= 0.3 is 0 Å². The van der Waals surface area contributed by atoms with E-state index in [1.54, 1.807) is 12.1 Å². The predicted molar refractivity (Wildman–Crippen MR) is 95.6 cm³/mol. The van der Waals surface area contributed by atoms with Crippen molar-refractivity contribution in [1.82, 2.24) is 5.32 Å². The first-order chi connectivity index (χ1) is 11.2. The molecule has 0 aromatic heterocycles. The lowest BCUT2D eigenvalue weighted by Crippen LogP contribution is -2.46. The molecule has 5 heteroatoms. The standard InChI is InChI=1S/C18H18Cl2N2O/c19-16-7-6-15(12-17(16)20)22(14-8-10-21-11-9-14)18(23)13-4-2-1-3-5-13/h1-7,12,14,21H,8-11H2. The van der Waals surface area contributed by atoms with Crippen molar-refractivity contribution in [3.05, 3.63) is 64.1 Å². The fraction of sp³-hybridized carbons (Fsp3) is 0.278. The molecule has 2 aromatic carbocycles. The predicted octanol–water partition coefficient (Wildman–Crippen LogP) is 4.39. The molecule has 0 radical (unpaired) electrons. The first-order valence-electron chi connectivity index (χ1n) is 7.71. The van der Waals surface area contributed by atoms with Crippen molar-refractivity contribution in [3.63, 3.8) is 0 Å². The molecule has 120 valence electrons. The zero-order valence-electron chi connectivity index (χ0n) is 12.6. The molecular formula is C18H18Cl2N2O. The van der Waals surface area contributed by atoms with E-state index in [4.69, 9.17) is 23.2 Å². The molecule has 1 fully saturated rings. The van der Waals surface area contributed by atoms with Gasteiger partial charge < -0.3 is 10.2 Å². The van der Waals surface area contributed by atoms with Gasteiger partial charge in [-0.05, 0) is 56.3 Å². The van der Waals surface area contributed by atoms with Gasteiger partial charge in [0.2, 0.25) is 0 Å². The summed E-state index contributed by atoms with van der Waals surface area (Å²) in [5, 5.41) is 4.29. The number of hydrogen-bond acceptors (Lipinski definition) is 2. The molecule has 0 spiro atoms. The first-order valence-corrected chi connectivity index (χ1v) is 8.47. The smallest absolute Gasteiger partial charge is 0.258 e. The maximum Gasteiger partial charge on any atom is 0.258 e. The van der Waals surface area contributed by atoms with Gasteiger partial charge in [-0.25, -0.2) is 0 Å². The van der Waals surface area contributed by atoms with Gasteiger partial charge in [0.25, 0.3) is 5.91 Å². The Hall–Kier alpha value is -1.55. The molecule has 1 heterocycles. The molecule has 1 amide bonds. The number of carbonyl (C=O) groups is 1. The lowest BCUT2D eigenvalue weighted by atomic mass is 10.0. The Morgan fingerprint density at radius 2 is 1.70 bits per heavy atom. The van der Waals surface area contributed by atoms with Crippen LogP contribution in [0.2, 0.25) is 10.0 Å². The second kappa shape index (κ2) is 7.35. The van der Waals surface area contributed by atoms with Crippen molar-refractivity contribution in [3.8, 4) is 0 Å². The summed E-state index contributed by atoms with van der Waals surface area (Å²) in [4.78, 5) is 14.9. The van der Waals surface area contributed by atoms with Crippen molar-refractivity contribution in [2.45, 2.75) is 18.9 Å². The second-order valence-electron chi connectivity index (χ2n) is 5.62. The van der Waals surface area contributed by atoms with Gasteiger partial charge in [-0.1, -0.05) is 41.4 Å². The van der Waals surface area contributed by atoms with Crippen LogP contribution in [0.3, 0.4) is 0 Å². The van der Waals surface area contributed by atoms with Crippen molar-refractivity contribution < 1.29 is 4.79 Å². The minimum atomic E-state index is -0.00381. The number of amides is 1. The van der Waals surface area contributed by atoms with Crippen LogP contribution in [-0.2, 0) is 0 Å². The Morgan fingerprint density at radius 1 is 1.00 bits per heavy atom. The average molecular weight is 349 g/mol. The molecule has 0 bridgehead atoms. The number of hydrogen-bond donors (Lipinski definition) is 1. The maximum atomic E-state index is 13.1. The van der Waals surface area contributed by atoms with E-state index in [1.807, 2.05) is 41.3 Å². The van der Waals surface area contributed by atoms with Gasteiger partial charge in [-0.2, -0.15) is 0 Å². The van der Waals surface area contributed by atoms with Crippen LogP contribution in [0.15, 0.2) is 48.5 Å². The van der Waals surface area contributed by atoms with Crippen LogP contribution in [0.25, 0.3) is 0 Å². The van der Waals surface area contributed by atoms with E-state index in [0.29, 0.717) is 15.6 Å². The van der Waals surface area contributed by atoms with Crippen LogP contribution in [0.1, 0.15) is 23.2 Å². The quantitative estimate of drug-likeness (QED) is 0.891. The van der Waals surface area contributed by atoms with E-state index in [-0.39, 0.29) is 11.9 Å². The normalized spacial score (nSPS) is 15.4. The lowest BCUT2D eigenvalue weighted by Gasteiger charge is -2.35. The topological polar surface area (TPSA) is 32.3 Å². The molecule has 1 aliphatic heterocycles. The zero-order valence-corrected chi connectivity index (χ0v) is 14.1. The van der Waals surface area contributed by atoms with Crippen LogP contribution in [0, 0.1) is 0 Å². The third-order valence-electron chi connectivity index (χ3n) is 4.09. The first kappa shape index (κ1) is 16.3. The van der Waals surface area contributed by atoms with Crippen molar-refractivity contribution in [2.24, 2.45) is 0 Å². The Balaban J connectivity index is 1.99. The maximum absolute atomic E-state index is 13.1. The number of benzene rings is 2. The minimum Gasteiger partial charge on any atom is -0.317 e. The molecule has 3 nitrogen and oxygen atoms in total. The van der Waals surface area contributed by atoms with Gasteiger partial charge in [0.15, 0.2) is 0 Å². The highest BCUT2D eigenvalue weighted by Crippen LogP contribution is 2.30. The average Bonchev–Trinajstić information content (AvgIpc) is 2.60. The number of rotatable bonds is 3. The van der Waals surface area contributed by atoms with Crippen LogP contribution in [-0.4, -0.2) is 25.0 Å². The zero-order chi connectivity index (χ0) is 16.2. The molecule has 1 N–H and O–H groups in total. The van der Waals surface area contributed by atoms with Crippen LogP contribution >= 0.6 is 23.2 Å². The molecule has 0 saturated carbocycles. The summed E-state index contributed by atoms with van der Waals surface area (Å²) in [6, 6.07) is 14.9. The molecule has 23 heavy (non-hydrogen) atoms. The minimum absolute atomic E-state index is 0.00381. The van der Waals surface area contributed by atoms with Crippen molar-refractivity contribution in [1.29, 1.82) is 0 Å². The molecule has 0 atom stereocenters. The van der Waals surface area contributed by atoms with E-state index in [0.717, 1.165) is 31.6 Å². The van der Waals surface area contributed by atoms with Crippen LogP contribution in [0.5, 0.6) is 0 Å². The van der Waals surface area contributed by atoms with E-state index in [9.17, 15) is 4.79 Å². The molecular weight excluding hydrogens is 331 g/mol. The summed E-state index contributed by atoms with van der Waals surface area (Å²) < 4.78 is 0. The molecule has 0 unspecified atom stereocenters. The Bertz CT molecular complexity index is 685. The monoisotopic (exact) mass is 348 g/mol. The number of carbonyl (C=O) groups excluding carboxylic acids is 1. The summed E-state index contributed by atoms with van der Waals surface area (Å²) in [5.41, 5.74) is 1.47. The Morgan fingerprint density at radius 3 is 2.35 bits per heavy atom.